The first-order valence-corrected chi connectivity index (χ1v) is 5.75. The number of pyridine rings is 1. The molecule has 2 heteroatoms. The number of nitrogens with one attached hydrogen (secondary N) is 1. The molecule has 1 heterocycles. The smallest absolute Gasteiger partial charge is 0.129 e. The zero-order valence-corrected chi connectivity index (χ0v) is 10.4. The van der Waals surface area contributed by atoms with E-state index in [0.29, 0.717) is 0 Å². The summed E-state index contributed by atoms with van der Waals surface area (Å²) in [6, 6.07) is 6.56. The molecule has 1 N–H and O–H groups in total. The van der Waals surface area contributed by atoms with E-state index in [2.05, 4.69) is 44.3 Å². The van der Waals surface area contributed by atoms with Crippen LogP contribution in [-0.2, 0) is 6.42 Å². The van der Waals surface area contributed by atoms with Gasteiger partial charge in [0.2, 0.25) is 0 Å². The number of aromatic nitrogens is 1. The standard InChI is InChI=1S/C14H18N2/c1-5-11-8-12-9(2)6-7-10(3)13(12)16-14(11)15-4/h6-8H,5H2,1-4H3,(H,15,16). The SMILES string of the molecule is CCc1cc2c(C)ccc(C)c2nc1NC. The van der Waals surface area contributed by atoms with Crippen LogP contribution in [0.5, 0.6) is 0 Å². The molecule has 1 aromatic heterocycles. The van der Waals surface area contributed by atoms with Gasteiger partial charge in [-0.25, -0.2) is 4.98 Å². The molecule has 2 nitrogen and oxygen atoms in total. The highest BCUT2D eigenvalue weighted by Gasteiger charge is 2.07. The average molecular weight is 214 g/mol. The van der Waals surface area contributed by atoms with Gasteiger partial charge in [0.1, 0.15) is 5.82 Å². The van der Waals surface area contributed by atoms with Gasteiger partial charge < -0.3 is 5.32 Å². The van der Waals surface area contributed by atoms with Crippen LogP contribution in [0.3, 0.4) is 0 Å². The second-order valence-electron chi connectivity index (χ2n) is 4.20. The van der Waals surface area contributed by atoms with Crippen LogP contribution >= 0.6 is 0 Å². The van der Waals surface area contributed by atoms with E-state index in [4.69, 9.17) is 4.98 Å². The summed E-state index contributed by atoms with van der Waals surface area (Å²) in [6.45, 7) is 6.41. The Morgan fingerprint density at radius 1 is 1.19 bits per heavy atom. The van der Waals surface area contributed by atoms with Crippen LogP contribution in [0.15, 0.2) is 18.2 Å². The van der Waals surface area contributed by atoms with Crippen molar-refractivity contribution in [1.29, 1.82) is 0 Å². The van der Waals surface area contributed by atoms with Crippen LogP contribution in [-0.4, -0.2) is 12.0 Å². The van der Waals surface area contributed by atoms with E-state index in [-0.39, 0.29) is 0 Å². The third-order valence-electron chi connectivity index (χ3n) is 3.10. The summed E-state index contributed by atoms with van der Waals surface area (Å²) in [5, 5.41) is 4.45. The van der Waals surface area contributed by atoms with Gasteiger partial charge in [-0.05, 0) is 43.0 Å². The Bertz CT molecular complexity index is 481. The molecule has 2 rings (SSSR count). The highest BCUT2D eigenvalue weighted by molar-refractivity contribution is 5.87. The van der Waals surface area contributed by atoms with Crippen molar-refractivity contribution in [1.82, 2.24) is 4.98 Å². The van der Waals surface area contributed by atoms with E-state index in [1.165, 1.54) is 22.1 Å². The van der Waals surface area contributed by atoms with E-state index in [1.807, 2.05) is 7.05 Å². The molecule has 0 aliphatic carbocycles. The first kappa shape index (κ1) is 10.9. The molecule has 2 aromatic rings. The molecule has 0 spiro atoms. The fourth-order valence-corrected chi connectivity index (χ4v) is 2.06. The van der Waals surface area contributed by atoms with E-state index in [1.54, 1.807) is 0 Å². The minimum Gasteiger partial charge on any atom is -0.373 e. The molecule has 0 aliphatic rings. The van der Waals surface area contributed by atoms with Crippen LogP contribution in [0.25, 0.3) is 10.9 Å². The van der Waals surface area contributed by atoms with Crippen LogP contribution in [0.4, 0.5) is 5.82 Å². The van der Waals surface area contributed by atoms with Gasteiger partial charge in [0.05, 0.1) is 5.52 Å². The minimum atomic E-state index is 1.00. The quantitative estimate of drug-likeness (QED) is 0.828. The van der Waals surface area contributed by atoms with Gasteiger partial charge in [0, 0.05) is 12.4 Å². The van der Waals surface area contributed by atoms with Gasteiger partial charge in [0.15, 0.2) is 0 Å². The molecule has 0 saturated heterocycles. The Balaban J connectivity index is 2.82. The van der Waals surface area contributed by atoms with Crippen molar-refractivity contribution >= 4 is 16.7 Å². The predicted octanol–water partition coefficient (Wildman–Crippen LogP) is 3.46. The lowest BCUT2D eigenvalue weighted by Gasteiger charge is -2.11. The maximum atomic E-state index is 4.71. The molecule has 0 fully saturated rings. The van der Waals surface area contributed by atoms with Gasteiger partial charge in [-0.2, -0.15) is 0 Å². The first-order valence-electron chi connectivity index (χ1n) is 5.75. The van der Waals surface area contributed by atoms with Crippen LogP contribution < -0.4 is 5.32 Å². The molecule has 16 heavy (non-hydrogen) atoms. The molecule has 0 atom stereocenters. The van der Waals surface area contributed by atoms with E-state index in [0.717, 1.165) is 17.8 Å². The van der Waals surface area contributed by atoms with Gasteiger partial charge in [-0.15, -0.1) is 0 Å². The summed E-state index contributed by atoms with van der Waals surface area (Å²) in [4.78, 5) is 4.71. The third-order valence-corrected chi connectivity index (χ3v) is 3.10. The number of benzene rings is 1. The summed E-state index contributed by atoms with van der Waals surface area (Å²) in [5.74, 6) is 1.00. The Labute approximate surface area is 96.7 Å². The first-order chi connectivity index (χ1) is 7.67. The highest BCUT2D eigenvalue weighted by atomic mass is 15.0. The number of anilines is 1. The molecule has 1 aromatic carbocycles. The van der Waals surface area contributed by atoms with Crippen molar-refractivity contribution in [2.24, 2.45) is 0 Å². The molecule has 84 valence electrons. The summed E-state index contributed by atoms with van der Waals surface area (Å²) >= 11 is 0. The van der Waals surface area contributed by atoms with Gasteiger partial charge in [-0.1, -0.05) is 19.1 Å². The molecule has 0 unspecified atom stereocenters. The third kappa shape index (κ3) is 1.64. The second kappa shape index (κ2) is 4.12. The van der Waals surface area contributed by atoms with Crippen molar-refractivity contribution in [3.8, 4) is 0 Å². The number of fused-ring (bicyclic) bond motifs is 1. The molecule has 0 bridgehead atoms. The van der Waals surface area contributed by atoms with Gasteiger partial charge in [0.25, 0.3) is 0 Å². The van der Waals surface area contributed by atoms with E-state index in [9.17, 15) is 0 Å². The van der Waals surface area contributed by atoms with Crippen molar-refractivity contribution in [2.75, 3.05) is 12.4 Å². The Morgan fingerprint density at radius 2 is 1.88 bits per heavy atom. The maximum Gasteiger partial charge on any atom is 0.129 e. The molecule has 0 amide bonds. The zero-order valence-electron chi connectivity index (χ0n) is 10.4. The van der Waals surface area contributed by atoms with Crippen molar-refractivity contribution in [3.63, 3.8) is 0 Å². The number of hydrogen-bond donors (Lipinski definition) is 1. The van der Waals surface area contributed by atoms with Crippen molar-refractivity contribution in [2.45, 2.75) is 27.2 Å². The maximum absolute atomic E-state index is 4.71. The van der Waals surface area contributed by atoms with Crippen molar-refractivity contribution < 1.29 is 0 Å². The normalized spacial score (nSPS) is 10.8. The summed E-state index contributed by atoms with van der Waals surface area (Å²) in [5.41, 5.74) is 4.93. The van der Waals surface area contributed by atoms with Gasteiger partial charge in [-0.3, -0.25) is 0 Å². The Kier molecular flexibility index (Phi) is 2.82. The van der Waals surface area contributed by atoms with Crippen LogP contribution in [0.1, 0.15) is 23.6 Å². The fourth-order valence-electron chi connectivity index (χ4n) is 2.06. The Morgan fingerprint density at radius 3 is 2.50 bits per heavy atom. The predicted molar refractivity (Wildman–Crippen MR) is 70.1 cm³/mol. The fraction of sp³-hybridized carbons (Fsp3) is 0.357. The lowest BCUT2D eigenvalue weighted by Crippen LogP contribution is -1.99. The average Bonchev–Trinajstić information content (AvgIpc) is 2.32. The van der Waals surface area contributed by atoms with Crippen LogP contribution in [0, 0.1) is 13.8 Å². The molecule has 0 radical (unpaired) electrons. The minimum absolute atomic E-state index is 1.00. The summed E-state index contributed by atoms with van der Waals surface area (Å²) in [7, 11) is 1.93. The summed E-state index contributed by atoms with van der Waals surface area (Å²) < 4.78 is 0. The molecule has 0 aliphatic heterocycles. The zero-order chi connectivity index (χ0) is 11.7. The largest absolute Gasteiger partial charge is 0.373 e. The van der Waals surface area contributed by atoms with Gasteiger partial charge >= 0.3 is 0 Å². The number of nitrogens with zero attached hydrogens (tertiary/aromatic N) is 1. The second-order valence-corrected chi connectivity index (χ2v) is 4.20. The number of aryl methyl sites for hydroxylation is 3. The van der Waals surface area contributed by atoms with E-state index >= 15 is 0 Å². The Hall–Kier alpha value is -1.57. The number of rotatable bonds is 2. The molecule has 0 saturated carbocycles. The lowest BCUT2D eigenvalue weighted by atomic mass is 10.0. The van der Waals surface area contributed by atoms with Crippen molar-refractivity contribution in [3.05, 3.63) is 34.9 Å². The number of hydrogen-bond acceptors (Lipinski definition) is 2. The lowest BCUT2D eigenvalue weighted by molar-refractivity contribution is 1.11. The molecular weight excluding hydrogens is 196 g/mol. The highest BCUT2D eigenvalue weighted by Crippen LogP contribution is 2.25. The molecular formula is C14H18N2. The summed E-state index contributed by atoms with van der Waals surface area (Å²) in [6.07, 6.45) is 1.01. The topological polar surface area (TPSA) is 24.9 Å². The monoisotopic (exact) mass is 214 g/mol. The van der Waals surface area contributed by atoms with Crippen LogP contribution in [0.2, 0.25) is 0 Å². The van der Waals surface area contributed by atoms with E-state index < -0.39 is 0 Å².